The van der Waals surface area contributed by atoms with Crippen LogP contribution in [0, 0.1) is 5.92 Å². The largest absolute Gasteiger partial charge is 0.388 e. The molecule has 4 atom stereocenters. The molecular formula is C27H36N4O8. The lowest BCUT2D eigenvalue weighted by Crippen LogP contribution is -2.58. The van der Waals surface area contributed by atoms with E-state index in [2.05, 4.69) is 21.1 Å². The molecule has 3 unspecified atom stereocenters. The number of aromatic nitrogens is 1. The summed E-state index contributed by atoms with van der Waals surface area (Å²) in [6, 6.07) is 7.33. The van der Waals surface area contributed by atoms with Crippen LogP contribution < -0.4 is 16.0 Å². The zero-order valence-corrected chi connectivity index (χ0v) is 22.6. The first kappa shape index (κ1) is 29.9. The van der Waals surface area contributed by atoms with Crippen molar-refractivity contribution >= 4 is 23.5 Å². The highest BCUT2D eigenvalue weighted by Crippen LogP contribution is 2.29. The van der Waals surface area contributed by atoms with Crippen LogP contribution in [0.2, 0.25) is 0 Å². The molecule has 1 aliphatic heterocycles. The Morgan fingerprint density at radius 1 is 1.05 bits per heavy atom. The molecule has 0 spiro atoms. The van der Waals surface area contributed by atoms with Crippen molar-refractivity contribution < 1.29 is 38.3 Å². The number of carbonyl (C=O) groups excluding carboxylic acids is 4. The number of benzene rings is 1. The summed E-state index contributed by atoms with van der Waals surface area (Å²) in [6.45, 7) is 5.25. The van der Waals surface area contributed by atoms with E-state index in [4.69, 9.17) is 19.1 Å². The van der Waals surface area contributed by atoms with Gasteiger partial charge in [0, 0.05) is 19.6 Å². The highest BCUT2D eigenvalue weighted by atomic mass is 16.6. The van der Waals surface area contributed by atoms with Crippen LogP contribution in [0.3, 0.4) is 0 Å². The Hall–Kier alpha value is -3.61. The number of carbonyl (C=O) groups is 4. The number of nitrogens with one attached hydrogen (secondary N) is 3. The van der Waals surface area contributed by atoms with Crippen molar-refractivity contribution in [2.75, 3.05) is 20.3 Å². The minimum absolute atomic E-state index is 0.0865. The molecule has 0 bridgehead atoms. The van der Waals surface area contributed by atoms with Crippen LogP contribution >= 0.6 is 0 Å². The predicted molar refractivity (Wildman–Crippen MR) is 138 cm³/mol. The van der Waals surface area contributed by atoms with Crippen LogP contribution in [0.5, 0.6) is 0 Å². The monoisotopic (exact) mass is 544 g/mol. The first-order valence-corrected chi connectivity index (χ1v) is 12.8. The zero-order chi connectivity index (χ0) is 28.6. The maximum absolute atomic E-state index is 13.5. The Bertz CT molecular complexity index is 1150. The van der Waals surface area contributed by atoms with Crippen molar-refractivity contribution in [2.45, 2.75) is 63.9 Å². The smallest absolute Gasteiger partial charge is 0.274 e. The van der Waals surface area contributed by atoms with Crippen LogP contribution in [-0.2, 0) is 36.9 Å². The molecule has 12 nitrogen and oxygen atoms in total. The Morgan fingerprint density at radius 3 is 2.26 bits per heavy atom. The number of Topliss-reactive ketones (excluding diaryl/α,β-unsaturated/α-hetero) is 1. The number of rotatable bonds is 15. The summed E-state index contributed by atoms with van der Waals surface area (Å²) in [6.07, 6.45) is 0.553. The Balaban J connectivity index is 1.77. The normalized spacial score (nSPS) is 18.6. The van der Waals surface area contributed by atoms with Crippen LogP contribution in [-0.4, -0.2) is 77.8 Å². The number of aliphatic hydroxyl groups excluding tert-OH is 1. The van der Waals surface area contributed by atoms with Crippen LogP contribution in [0.1, 0.15) is 49.0 Å². The molecule has 0 aliphatic carbocycles. The molecule has 12 heteroatoms. The Kier molecular flexibility index (Phi) is 10.3. The fourth-order valence-electron chi connectivity index (χ4n) is 4.00. The van der Waals surface area contributed by atoms with E-state index in [-0.39, 0.29) is 36.2 Å². The number of nitrogens with zero attached hydrogens (tertiary/aromatic N) is 1. The fourth-order valence-corrected chi connectivity index (χ4v) is 4.00. The molecule has 1 fully saturated rings. The van der Waals surface area contributed by atoms with Gasteiger partial charge in [-0.05, 0) is 24.8 Å². The number of hydrogen-bond acceptors (Lipinski definition) is 9. The third kappa shape index (κ3) is 8.44. The SMILES string of the molecule is COCC(NC(=O)c1cc(CO)on1)C(=O)N[C@@H](Cc1ccccc1)C(=O)NC(CC(C)C)C(=O)C1(C)CO1. The summed E-state index contributed by atoms with van der Waals surface area (Å²) in [5, 5.41) is 20.7. The Labute approximate surface area is 226 Å². The predicted octanol–water partition coefficient (Wildman–Crippen LogP) is 0.528. The van der Waals surface area contributed by atoms with Gasteiger partial charge in [0.15, 0.2) is 17.2 Å². The number of methoxy groups -OCH3 is 1. The first-order chi connectivity index (χ1) is 18.6. The molecule has 3 amide bonds. The van der Waals surface area contributed by atoms with Crippen molar-refractivity contribution in [3.05, 3.63) is 53.4 Å². The van der Waals surface area contributed by atoms with E-state index < -0.39 is 48.1 Å². The summed E-state index contributed by atoms with van der Waals surface area (Å²) < 4.78 is 15.3. The third-order valence-electron chi connectivity index (χ3n) is 6.26. The van der Waals surface area contributed by atoms with E-state index in [1.165, 1.54) is 13.2 Å². The van der Waals surface area contributed by atoms with Crippen molar-refractivity contribution in [3.63, 3.8) is 0 Å². The topological polar surface area (TPSA) is 172 Å². The maximum atomic E-state index is 13.5. The molecule has 1 aromatic heterocycles. The van der Waals surface area contributed by atoms with Gasteiger partial charge in [-0.15, -0.1) is 0 Å². The lowest BCUT2D eigenvalue weighted by molar-refractivity contribution is -0.133. The standard InChI is InChI=1S/C27H36N4O8/c1-16(2)10-19(23(33)27(3)15-38-27)28-24(34)20(11-17-8-6-5-7-9-17)29-26(36)22(14-37-4)30-25(35)21-12-18(13-32)39-31-21/h5-9,12,16,19-20,22,32H,10-11,13-15H2,1-4H3,(H,28,34)(H,29,36)(H,30,35)/t19?,20-,22?,27?/m0/s1. The van der Waals surface area contributed by atoms with Gasteiger partial charge in [0.25, 0.3) is 5.91 Å². The van der Waals surface area contributed by atoms with Gasteiger partial charge in [0.1, 0.15) is 24.3 Å². The van der Waals surface area contributed by atoms with Crippen molar-refractivity contribution in [3.8, 4) is 0 Å². The molecule has 0 saturated carbocycles. The number of hydrogen-bond donors (Lipinski definition) is 4. The number of epoxide rings is 1. The molecule has 3 rings (SSSR count). The van der Waals surface area contributed by atoms with E-state index in [1.807, 2.05) is 44.2 Å². The molecule has 1 saturated heterocycles. The van der Waals surface area contributed by atoms with Gasteiger partial charge in [-0.2, -0.15) is 0 Å². The number of ether oxygens (including phenoxy) is 2. The van der Waals surface area contributed by atoms with Crippen molar-refractivity contribution in [2.24, 2.45) is 5.92 Å². The van der Waals surface area contributed by atoms with E-state index in [9.17, 15) is 19.2 Å². The van der Waals surface area contributed by atoms with Gasteiger partial charge in [-0.3, -0.25) is 19.2 Å². The second-order valence-electron chi connectivity index (χ2n) is 10.1. The molecule has 39 heavy (non-hydrogen) atoms. The van der Waals surface area contributed by atoms with Gasteiger partial charge in [-0.1, -0.05) is 49.3 Å². The maximum Gasteiger partial charge on any atom is 0.274 e. The molecular weight excluding hydrogens is 508 g/mol. The summed E-state index contributed by atoms with van der Waals surface area (Å²) in [7, 11) is 1.36. The molecule has 2 heterocycles. The molecule has 1 aliphatic rings. The van der Waals surface area contributed by atoms with Gasteiger partial charge in [0.2, 0.25) is 11.8 Å². The molecule has 2 aromatic rings. The van der Waals surface area contributed by atoms with E-state index in [0.29, 0.717) is 13.0 Å². The second-order valence-corrected chi connectivity index (χ2v) is 10.1. The van der Waals surface area contributed by atoms with Gasteiger partial charge in [-0.25, -0.2) is 0 Å². The lowest BCUT2D eigenvalue weighted by atomic mass is 9.93. The van der Waals surface area contributed by atoms with Crippen LogP contribution in [0.4, 0.5) is 0 Å². The summed E-state index contributed by atoms with van der Waals surface area (Å²) >= 11 is 0. The summed E-state index contributed by atoms with van der Waals surface area (Å²) in [5.74, 6) is -1.94. The average Bonchev–Trinajstić information content (AvgIpc) is 3.47. The second kappa shape index (κ2) is 13.5. The number of amides is 3. The number of aliphatic hydroxyl groups is 1. The highest BCUT2D eigenvalue weighted by molar-refractivity contribution is 5.99. The van der Waals surface area contributed by atoms with Crippen LogP contribution in [0.25, 0.3) is 0 Å². The average molecular weight is 545 g/mol. The summed E-state index contributed by atoms with van der Waals surface area (Å²) in [5.41, 5.74) is -0.262. The quantitative estimate of drug-likeness (QED) is 0.233. The van der Waals surface area contributed by atoms with Crippen molar-refractivity contribution in [1.29, 1.82) is 0 Å². The van der Waals surface area contributed by atoms with Crippen molar-refractivity contribution in [1.82, 2.24) is 21.1 Å². The van der Waals surface area contributed by atoms with E-state index in [1.54, 1.807) is 6.92 Å². The molecule has 0 radical (unpaired) electrons. The summed E-state index contributed by atoms with van der Waals surface area (Å²) in [4.78, 5) is 52.5. The zero-order valence-electron chi connectivity index (χ0n) is 22.6. The van der Waals surface area contributed by atoms with E-state index >= 15 is 0 Å². The molecule has 212 valence electrons. The molecule has 4 N–H and O–H groups in total. The lowest BCUT2D eigenvalue weighted by Gasteiger charge is -2.26. The fraction of sp³-hybridized carbons (Fsp3) is 0.519. The van der Waals surface area contributed by atoms with E-state index in [0.717, 1.165) is 5.56 Å². The number of ketones is 1. The van der Waals surface area contributed by atoms with Crippen LogP contribution in [0.15, 0.2) is 40.9 Å². The minimum Gasteiger partial charge on any atom is -0.388 e. The highest BCUT2D eigenvalue weighted by Gasteiger charge is 2.50. The Morgan fingerprint density at radius 2 is 1.69 bits per heavy atom. The van der Waals surface area contributed by atoms with Gasteiger partial charge >= 0.3 is 0 Å². The van der Waals surface area contributed by atoms with Gasteiger partial charge in [0.05, 0.1) is 19.3 Å². The molecule has 1 aromatic carbocycles. The first-order valence-electron chi connectivity index (χ1n) is 12.8. The van der Waals surface area contributed by atoms with Gasteiger partial charge < -0.3 is 35.1 Å². The minimum atomic E-state index is -1.17. The third-order valence-corrected chi connectivity index (χ3v) is 6.26.